The fraction of sp³-hybridized carbons (Fsp3) is 0.148. The fourth-order valence-corrected chi connectivity index (χ4v) is 6.08. The summed E-state index contributed by atoms with van der Waals surface area (Å²) >= 11 is 5.92. The van der Waals surface area contributed by atoms with E-state index in [1.807, 2.05) is 42.5 Å². The number of carbonyl (C=O) groups excluding carboxylic acids is 1. The monoisotopic (exact) mass is 490 g/mol. The molecule has 0 atom stereocenters. The van der Waals surface area contributed by atoms with Gasteiger partial charge < -0.3 is 5.32 Å². The molecule has 0 saturated carbocycles. The Kier molecular flexibility index (Phi) is 6.02. The maximum Gasteiger partial charge on any atom is 0.264 e. The molecule has 172 valence electrons. The summed E-state index contributed by atoms with van der Waals surface area (Å²) in [5.41, 5.74) is 3.03. The molecule has 4 aromatic rings. The molecule has 1 amide bonds. The summed E-state index contributed by atoms with van der Waals surface area (Å²) in [6.07, 6.45) is 1.40. The third-order valence-corrected chi connectivity index (χ3v) is 8.22. The molecule has 1 aliphatic heterocycles. The van der Waals surface area contributed by atoms with Crippen molar-refractivity contribution >= 4 is 44.0 Å². The highest BCUT2D eigenvalue weighted by Crippen LogP contribution is 2.33. The smallest absolute Gasteiger partial charge is 0.264 e. The Morgan fingerprint density at radius 3 is 2.53 bits per heavy atom. The lowest BCUT2D eigenvalue weighted by Gasteiger charge is -2.30. The third kappa shape index (κ3) is 4.27. The Morgan fingerprint density at radius 2 is 1.71 bits per heavy atom. The average molecular weight is 491 g/mol. The van der Waals surface area contributed by atoms with Crippen molar-refractivity contribution in [1.29, 1.82) is 0 Å². The molecule has 1 aliphatic rings. The van der Waals surface area contributed by atoms with Crippen molar-refractivity contribution in [3.05, 3.63) is 107 Å². The highest BCUT2D eigenvalue weighted by molar-refractivity contribution is 7.92. The van der Waals surface area contributed by atoms with Crippen LogP contribution in [0.5, 0.6) is 0 Å². The van der Waals surface area contributed by atoms with Crippen molar-refractivity contribution in [3.63, 3.8) is 0 Å². The van der Waals surface area contributed by atoms with Crippen LogP contribution in [0.2, 0.25) is 5.02 Å². The lowest BCUT2D eigenvalue weighted by molar-refractivity contribution is 0.0951. The Bertz CT molecular complexity index is 1480. The topological polar surface area (TPSA) is 66.5 Å². The van der Waals surface area contributed by atoms with Crippen LogP contribution >= 0.6 is 11.6 Å². The minimum atomic E-state index is -3.72. The van der Waals surface area contributed by atoms with Gasteiger partial charge in [-0.05, 0) is 77.2 Å². The lowest BCUT2D eigenvalue weighted by Crippen LogP contribution is -2.35. The number of carbonyl (C=O) groups is 1. The SMILES string of the molecule is O=C(NCc1cccc2ccccc12)c1ccc2c(c1)CCCN2S(=O)(=O)c1ccc(Cl)cc1. The largest absolute Gasteiger partial charge is 0.348 e. The van der Waals surface area contributed by atoms with Crippen molar-refractivity contribution in [3.8, 4) is 0 Å². The number of anilines is 1. The van der Waals surface area contributed by atoms with Gasteiger partial charge in [0.05, 0.1) is 10.6 Å². The number of sulfonamides is 1. The van der Waals surface area contributed by atoms with Gasteiger partial charge in [0.1, 0.15) is 0 Å². The first-order valence-electron chi connectivity index (χ1n) is 11.1. The van der Waals surface area contributed by atoms with E-state index in [1.165, 1.54) is 16.4 Å². The quantitative estimate of drug-likeness (QED) is 0.398. The van der Waals surface area contributed by atoms with E-state index in [9.17, 15) is 13.2 Å². The van der Waals surface area contributed by atoms with Crippen LogP contribution in [0.15, 0.2) is 89.8 Å². The zero-order valence-corrected chi connectivity index (χ0v) is 19.9. The van der Waals surface area contributed by atoms with Crippen molar-refractivity contribution in [1.82, 2.24) is 5.32 Å². The second kappa shape index (κ2) is 9.12. The van der Waals surface area contributed by atoms with E-state index in [0.29, 0.717) is 42.2 Å². The maximum atomic E-state index is 13.3. The van der Waals surface area contributed by atoms with Crippen LogP contribution in [0.1, 0.15) is 27.9 Å². The number of rotatable bonds is 5. The predicted octanol–water partition coefficient (Wildman–Crippen LogP) is 5.56. The van der Waals surface area contributed by atoms with E-state index in [-0.39, 0.29) is 10.8 Å². The van der Waals surface area contributed by atoms with Gasteiger partial charge in [-0.3, -0.25) is 9.10 Å². The molecule has 5 rings (SSSR count). The van der Waals surface area contributed by atoms with Gasteiger partial charge in [0, 0.05) is 23.7 Å². The summed E-state index contributed by atoms with van der Waals surface area (Å²) in [5, 5.41) is 5.73. The van der Waals surface area contributed by atoms with Crippen LogP contribution in [0.25, 0.3) is 10.8 Å². The molecule has 1 N–H and O–H groups in total. The van der Waals surface area contributed by atoms with Crippen molar-refractivity contribution in [2.45, 2.75) is 24.3 Å². The van der Waals surface area contributed by atoms with Crippen molar-refractivity contribution in [2.24, 2.45) is 0 Å². The summed E-state index contributed by atoms with van der Waals surface area (Å²) in [5.74, 6) is -0.187. The molecular weight excluding hydrogens is 468 g/mol. The van der Waals surface area contributed by atoms with E-state index < -0.39 is 10.0 Å². The molecule has 0 saturated heterocycles. The number of aryl methyl sites for hydroxylation is 1. The molecule has 0 spiro atoms. The number of hydrogen-bond donors (Lipinski definition) is 1. The Labute approximate surface area is 204 Å². The zero-order chi connectivity index (χ0) is 23.7. The molecule has 0 fully saturated rings. The normalized spacial score (nSPS) is 13.5. The highest BCUT2D eigenvalue weighted by atomic mass is 35.5. The second-order valence-corrected chi connectivity index (χ2v) is 10.6. The molecular formula is C27H23ClN2O3S. The van der Waals surface area contributed by atoms with Crippen molar-refractivity contribution < 1.29 is 13.2 Å². The van der Waals surface area contributed by atoms with Crippen LogP contribution in [0, 0.1) is 0 Å². The van der Waals surface area contributed by atoms with E-state index in [4.69, 9.17) is 11.6 Å². The van der Waals surface area contributed by atoms with Gasteiger partial charge in [-0.25, -0.2) is 8.42 Å². The van der Waals surface area contributed by atoms with Gasteiger partial charge in [-0.15, -0.1) is 0 Å². The number of halogens is 1. The second-order valence-electron chi connectivity index (χ2n) is 8.30. The average Bonchev–Trinajstić information content (AvgIpc) is 2.86. The van der Waals surface area contributed by atoms with E-state index in [0.717, 1.165) is 21.9 Å². The van der Waals surface area contributed by atoms with Gasteiger partial charge in [-0.2, -0.15) is 0 Å². The maximum absolute atomic E-state index is 13.3. The van der Waals surface area contributed by atoms with Gasteiger partial charge in [0.2, 0.25) is 0 Å². The molecule has 5 nitrogen and oxygen atoms in total. The van der Waals surface area contributed by atoms with Crippen LogP contribution in [0.3, 0.4) is 0 Å². The number of nitrogens with zero attached hydrogens (tertiary/aromatic N) is 1. The first kappa shape index (κ1) is 22.4. The van der Waals surface area contributed by atoms with E-state index in [2.05, 4.69) is 5.32 Å². The number of benzene rings is 4. The highest BCUT2D eigenvalue weighted by Gasteiger charge is 2.29. The minimum absolute atomic E-state index is 0.187. The number of nitrogens with one attached hydrogen (secondary N) is 1. The lowest BCUT2D eigenvalue weighted by atomic mass is 10.0. The van der Waals surface area contributed by atoms with E-state index in [1.54, 1.807) is 30.3 Å². The zero-order valence-electron chi connectivity index (χ0n) is 18.4. The Morgan fingerprint density at radius 1 is 0.941 bits per heavy atom. The summed E-state index contributed by atoms with van der Waals surface area (Å²) in [6, 6.07) is 25.5. The molecule has 0 aliphatic carbocycles. The first-order chi connectivity index (χ1) is 16.4. The Hall–Kier alpha value is -3.35. The van der Waals surface area contributed by atoms with Gasteiger partial charge in [0.25, 0.3) is 15.9 Å². The van der Waals surface area contributed by atoms with Gasteiger partial charge in [-0.1, -0.05) is 54.1 Å². The molecule has 4 aromatic carbocycles. The van der Waals surface area contributed by atoms with Crippen LogP contribution < -0.4 is 9.62 Å². The molecule has 0 aromatic heterocycles. The summed E-state index contributed by atoms with van der Waals surface area (Å²) in [6.45, 7) is 0.804. The molecule has 0 unspecified atom stereocenters. The molecule has 1 heterocycles. The predicted molar refractivity (Wildman–Crippen MR) is 136 cm³/mol. The molecule has 7 heteroatoms. The summed E-state index contributed by atoms with van der Waals surface area (Å²) in [7, 11) is -3.72. The number of amides is 1. The van der Waals surface area contributed by atoms with Gasteiger partial charge >= 0.3 is 0 Å². The molecule has 34 heavy (non-hydrogen) atoms. The fourth-order valence-electron chi connectivity index (χ4n) is 4.41. The van der Waals surface area contributed by atoms with Crippen LogP contribution in [0.4, 0.5) is 5.69 Å². The summed E-state index contributed by atoms with van der Waals surface area (Å²) in [4.78, 5) is 13.1. The van der Waals surface area contributed by atoms with Crippen LogP contribution in [-0.2, 0) is 23.0 Å². The first-order valence-corrected chi connectivity index (χ1v) is 12.9. The number of hydrogen-bond acceptors (Lipinski definition) is 3. The Balaban J connectivity index is 1.37. The van der Waals surface area contributed by atoms with Crippen molar-refractivity contribution in [2.75, 3.05) is 10.8 Å². The third-order valence-electron chi connectivity index (χ3n) is 6.14. The molecule has 0 radical (unpaired) electrons. The minimum Gasteiger partial charge on any atom is -0.348 e. The molecule has 0 bridgehead atoms. The number of fused-ring (bicyclic) bond motifs is 2. The standard InChI is InChI=1S/C27H23ClN2O3S/c28-23-11-13-24(14-12-23)34(32,33)30-16-4-8-20-17-21(10-15-26(20)30)27(31)29-18-22-7-3-6-19-5-1-2-9-25(19)22/h1-3,5-7,9-15,17H,4,8,16,18H2,(H,29,31). The van der Waals surface area contributed by atoms with E-state index >= 15 is 0 Å². The van der Waals surface area contributed by atoms with Gasteiger partial charge in [0.15, 0.2) is 0 Å². The summed E-state index contributed by atoms with van der Waals surface area (Å²) < 4.78 is 27.9. The van der Waals surface area contributed by atoms with Crippen LogP contribution in [-0.4, -0.2) is 20.9 Å².